The van der Waals surface area contributed by atoms with E-state index < -0.39 is 0 Å². The first kappa shape index (κ1) is 9.11. The molecule has 4 nitrogen and oxygen atoms in total. The van der Waals surface area contributed by atoms with Crippen LogP contribution in [0.15, 0.2) is 22.9 Å². The predicted octanol–water partition coefficient (Wildman–Crippen LogP) is 1.80. The number of anilines is 1. The van der Waals surface area contributed by atoms with Crippen LogP contribution in [-0.2, 0) is 0 Å². The highest BCUT2D eigenvalue weighted by molar-refractivity contribution is 7.08. The van der Waals surface area contributed by atoms with Crippen LogP contribution in [0.25, 0.3) is 11.4 Å². The van der Waals surface area contributed by atoms with Crippen LogP contribution in [0.3, 0.4) is 0 Å². The topological polar surface area (TPSA) is 63.8 Å². The molecule has 14 heavy (non-hydrogen) atoms. The molecule has 0 spiro atoms. The number of nitrogens with zero attached hydrogens (tertiary/aromatic N) is 2. The van der Waals surface area contributed by atoms with E-state index in [0.717, 1.165) is 11.3 Å². The van der Waals surface area contributed by atoms with E-state index in [-0.39, 0.29) is 0 Å². The second-order valence-electron chi connectivity index (χ2n) is 2.87. The van der Waals surface area contributed by atoms with Crippen LogP contribution in [0, 0.1) is 6.92 Å². The Hall–Kier alpha value is -1.46. The number of nitrogen functional groups attached to an aromatic ring is 1. The van der Waals surface area contributed by atoms with E-state index in [9.17, 15) is 0 Å². The van der Waals surface area contributed by atoms with Crippen molar-refractivity contribution in [2.45, 2.75) is 6.92 Å². The Balaban J connectivity index is 2.48. The smallest absolute Gasteiger partial charge is 0.162 e. The average Bonchev–Trinajstić information content (AvgIpc) is 2.69. The number of thiophene rings is 1. The van der Waals surface area contributed by atoms with Crippen LogP contribution in [0.5, 0.6) is 0 Å². The Labute approximate surface area is 85.8 Å². The first-order valence-corrected chi connectivity index (χ1v) is 5.09. The number of aryl methyl sites for hydroxylation is 1. The number of hydrogen-bond acceptors (Lipinski definition) is 5. The molecule has 2 rings (SSSR count). The van der Waals surface area contributed by atoms with Crippen LogP contribution in [0.4, 0.5) is 5.82 Å². The summed E-state index contributed by atoms with van der Waals surface area (Å²) in [5, 5.41) is 4.01. The van der Waals surface area contributed by atoms with Crippen LogP contribution in [0.2, 0.25) is 0 Å². The van der Waals surface area contributed by atoms with Crippen molar-refractivity contribution in [3.63, 3.8) is 0 Å². The SMILES string of the molecule is Cc1cc(NN)nc(-c2ccsc2)n1. The molecule has 0 bridgehead atoms. The molecule has 5 heteroatoms. The summed E-state index contributed by atoms with van der Waals surface area (Å²) in [6.45, 7) is 1.92. The molecule has 0 aliphatic carbocycles. The summed E-state index contributed by atoms with van der Waals surface area (Å²) >= 11 is 1.62. The fourth-order valence-corrected chi connectivity index (χ4v) is 1.80. The van der Waals surface area contributed by atoms with Crippen molar-refractivity contribution < 1.29 is 0 Å². The minimum absolute atomic E-state index is 0.638. The van der Waals surface area contributed by atoms with E-state index in [1.807, 2.05) is 23.8 Å². The van der Waals surface area contributed by atoms with E-state index in [1.54, 1.807) is 17.4 Å². The fourth-order valence-electron chi connectivity index (χ4n) is 1.16. The molecule has 0 aliphatic rings. The average molecular weight is 206 g/mol. The highest BCUT2D eigenvalue weighted by Gasteiger charge is 2.03. The quantitative estimate of drug-likeness (QED) is 0.581. The zero-order valence-corrected chi connectivity index (χ0v) is 8.51. The van der Waals surface area contributed by atoms with Gasteiger partial charge in [-0.25, -0.2) is 15.8 Å². The summed E-state index contributed by atoms with van der Waals surface area (Å²) in [7, 11) is 0. The second-order valence-corrected chi connectivity index (χ2v) is 3.65. The first-order chi connectivity index (χ1) is 6.79. The highest BCUT2D eigenvalue weighted by Crippen LogP contribution is 2.19. The zero-order valence-electron chi connectivity index (χ0n) is 7.69. The van der Waals surface area contributed by atoms with Crippen molar-refractivity contribution in [2.75, 3.05) is 5.43 Å². The van der Waals surface area contributed by atoms with Crippen molar-refractivity contribution in [2.24, 2.45) is 5.84 Å². The predicted molar refractivity (Wildman–Crippen MR) is 57.9 cm³/mol. The molecule has 0 unspecified atom stereocenters. The lowest BCUT2D eigenvalue weighted by atomic mass is 10.3. The molecule has 72 valence electrons. The van der Waals surface area contributed by atoms with Crippen molar-refractivity contribution in [1.82, 2.24) is 9.97 Å². The van der Waals surface area contributed by atoms with E-state index in [0.29, 0.717) is 11.6 Å². The monoisotopic (exact) mass is 206 g/mol. The van der Waals surface area contributed by atoms with Gasteiger partial charge in [0.25, 0.3) is 0 Å². The Kier molecular flexibility index (Phi) is 2.43. The van der Waals surface area contributed by atoms with Gasteiger partial charge in [0.05, 0.1) is 0 Å². The number of hydrazine groups is 1. The van der Waals surface area contributed by atoms with Crippen molar-refractivity contribution in [1.29, 1.82) is 0 Å². The second kappa shape index (κ2) is 3.73. The molecular weight excluding hydrogens is 196 g/mol. The summed E-state index contributed by atoms with van der Waals surface area (Å²) < 4.78 is 0. The molecule has 2 aromatic rings. The van der Waals surface area contributed by atoms with Crippen molar-refractivity contribution in [3.8, 4) is 11.4 Å². The van der Waals surface area contributed by atoms with Gasteiger partial charge in [0.2, 0.25) is 0 Å². The summed E-state index contributed by atoms with van der Waals surface area (Å²) in [6.07, 6.45) is 0. The maximum atomic E-state index is 5.30. The van der Waals surface area contributed by atoms with Gasteiger partial charge in [0.15, 0.2) is 5.82 Å². The van der Waals surface area contributed by atoms with Crippen LogP contribution < -0.4 is 11.3 Å². The Morgan fingerprint density at radius 2 is 2.29 bits per heavy atom. The molecule has 0 atom stereocenters. The largest absolute Gasteiger partial charge is 0.308 e. The number of rotatable bonds is 2. The highest BCUT2D eigenvalue weighted by atomic mass is 32.1. The van der Waals surface area contributed by atoms with Gasteiger partial charge >= 0.3 is 0 Å². The van der Waals surface area contributed by atoms with E-state index >= 15 is 0 Å². The van der Waals surface area contributed by atoms with E-state index in [2.05, 4.69) is 15.4 Å². The van der Waals surface area contributed by atoms with Crippen LogP contribution in [-0.4, -0.2) is 9.97 Å². The minimum Gasteiger partial charge on any atom is -0.308 e. The molecule has 0 amide bonds. The number of nitrogens with two attached hydrogens (primary N) is 1. The molecular formula is C9H10N4S. The first-order valence-electron chi connectivity index (χ1n) is 4.14. The number of aromatic nitrogens is 2. The molecule has 2 aromatic heterocycles. The summed E-state index contributed by atoms with van der Waals surface area (Å²) in [6, 6.07) is 3.79. The lowest BCUT2D eigenvalue weighted by Crippen LogP contribution is -2.09. The van der Waals surface area contributed by atoms with Gasteiger partial charge in [0, 0.05) is 22.7 Å². The standard InChI is InChI=1S/C9H10N4S/c1-6-4-8(13-10)12-9(11-6)7-2-3-14-5-7/h2-5H,10H2,1H3,(H,11,12,13). The lowest BCUT2D eigenvalue weighted by molar-refractivity contribution is 1.10. The molecule has 3 N–H and O–H groups in total. The van der Waals surface area contributed by atoms with Crippen LogP contribution >= 0.6 is 11.3 Å². The Morgan fingerprint density at radius 1 is 1.43 bits per heavy atom. The van der Waals surface area contributed by atoms with Gasteiger partial charge in [-0.15, -0.1) is 0 Å². The molecule has 0 saturated carbocycles. The zero-order chi connectivity index (χ0) is 9.97. The molecule has 2 heterocycles. The lowest BCUT2D eigenvalue weighted by Gasteiger charge is -2.03. The van der Waals surface area contributed by atoms with E-state index in [4.69, 9.17) is 5.84 Å². The summed E-state index contributed by atoms with van der Waals surface area (Å²) in [5.41, 5.74) is 4.44. The van der Waals surface area contributed by atoms with Crippen LogP contribution in [0.1, 0.15) is 5.69 Å². The third kappa shape index (κ3) is 1.73. The summed E-state index contributed by atoms with van der Waals surface area (Å²) in [5.74, 6) is 6.65. The van der Waals surface area contributed by atoms with Gasteiger partial charge in [-0.2, -0.15) is 11.3 Å². The minimum atomic E-state index is 0.638. The van der Waals surface area contributed by atoms with E-state index in [1.165, 1.54) is 0 Å². The Morgan fingerprint density at radius 3 is 2.93 bits per heavy atom. The summed E-state index contributed by atoms with van der Waals surface area (Å²) in [4.78, 5) is 8.58. The van der Waals surface area contributed by atoms with Gasteiger partial charge in [-0.05, 0) is 18.4 Å². The maximum Gasteiger partial charge on any atom is 0.162 e. The number of nitrogens with one attached hydrogen (secondary N) is 1. The van der Waals surface area contributed by atoms with Gasteiger partial charge in [-0.1, -0.05) is 0 Å². The van der Waals surface area contributed by atoms with Gasteiger partial charge in [0.1, 0.15) is 5.82 Å². The van der Waals surface area contributed by atoms with Gasteiger partial charge in [-0.3, -0.25) is 0 Å². The molecule has 0 saturated heterocycles. The van der Waals surface area contributed by atoms with Crippen molar-refractivity contribution in [3.05, 3.63) is 28.6 Å². The van der Waals surface area contributed by atoms with Crippen molar-refractivity contribution >= 4 is 17.2 Å². The number of hydrogen-bond donors (Lipinski definition) is 2. The molecule has 0 aliphatic heterocycles. The third-order valence-electron chi connectivity index (χ3n) is 1.78. The normalized spacial score (nSPS) is 10.1. The maximum absolute atomic E-state index is 5.30. The molecule has 0 aromatic carbocycles. The third-order valence-corrected chi connectivity index (χ3v) is 2.46. The fraction of sp³-hybridized carbons (Fsp3) is 0.111. The van der Waals surface area contributed by atoms with Gasteiger partial charge < -0.3 is 5.43 Å². The Bertz CT molecular complexity index is 424. The molecule has 0 radical (unpaired) electrons. The molecule has 0 fully saturated rings.